The molecule has 0 unspecified atom stereocenters. The Bertz CT molecular complexity index is 1400. The number of nitrogens with one attached hydrogen (secondary N) is 2. The normalized spacial score (nSPS) is 11.3. The molecule has 0 spiro atoms. The number of rotatable bonds is 8. The fraction of sp³-hybridized carbons (Fsp3) is 0.192. The van der Waals surface area contributed by atoms with Gasteiger partial charge in [0.2, 0.25) is 0 Å². The van der Waals surface area contributed by atoms with Gasteiger partial charge in [-0.05, 0) is 42.7 Å². The number of amides is 2. The molecule has 0 radical (unpaired) electrons. The first-order chi connectivity index (χ1) is 16.9. The van der Waals surface area contributed by atoms with E-state index in [-0.39, 0.29) is 11.6 Å². The van der Waals surface area contributed by atoms with E-state index >= 15 is 0 Å². The number of hydrogen-bond donors (Lipinski definition) is 2. The van der Waals surface area contributed by atoms with Crippen LogP contribution >= 0.6 is 0 Å². The number of imidazole rings is 1. The van der Waals surface area contributed by atoms with Crippen molar-refractivity contribution in [1.82, 2.24) is 24.6 Å². The molecular weight excluding hydrogens is 462 g/mol. The van der Waals surface area contributed by atoms with Crippen molar-refractivity contribution in [3.8, 4) is 16.9 Å². The van der Waals surface area contributed by atoms with Crippen molar-refractivity contribution < 1.29 is 13.2 Å². The molecule has 0 bridgehead atoms. The zero-order chi connectivity index (χ0) is 24.8. The van der Waals surface area contributed by atoms with E-state index in [4.69, 9.17) is 4.98 Å². The van der Waals surface area contributed by atoms with Gasteiger partial charge in [0.25, 0.3) is 10.0 Å². The first kappa shape index (κ1) is 24.2. The Labute approximate surface area is 205 Å². The number of nitrogens with zero attached hydrogens (tertiary/aromatic N) is 3. The molecule has 2 aromatic carbocycles. The summed E-state index contributed by atoms with van der Waals surface area (Å²) in [5.74, 6) is 0.971. The molecule has 180 valence electrons. The molecule has 0 aliphatic rings. The molecule has 4 rings (SSSR count). The van der Waals surface area contributed by atoms with Crippen molar-refractivity contribution >= 4 is 16.1 Å². The van der Waals surface area contributed by atoms with Crippen LogP contribution in [0.3, 0.4) is 0 Å². The minimum Gasteiger partial charge on any atom is -0.337 e. The van der Waals surface area contributed by atoms with Gasteiger partial charge in [0.05, 0.1) is 5.69 Å². The van der Waals surface area contributed by atoms with Gasteiger partial charge in [-0.3, -0.25) is 0 Å². The summed E-state index contributed by atoms with van der Waals surface area (Å²) in [7, 11) is -4.01. The van der Waals surface area contributed by atoms with Crippen LogP contribution in [0, 0.1) is 6.92 Å². The molecule has 2 N–H and O–H groups in total. The van der Waals surface area contributed by atoms with Crippen molar-refractivity contribution in [1.29, 1.82) is 0 Å². The summed E-state index contributed by atoms with van der Waals surface area (Å²) in [6.45, 7) is 4.16. The molecule has 0 aliphatic carbocycles. The second-order valence-electron chi connectivity index (χ2n) is 8.08. The Morgan fingerprint density at radius 2 is 1.74 bits per heavy atom. The number of carbonyl (C=O) groups is 1. The van der Waals surface area contributed by atoms with Gasteiger partial charge in [-0.1, -0.05) is 55.5 Å². The Morgan fingerprint density at radius 1 is 1.00 bits per heavy atom. The maximum Gasteiger partial charge on any atom is 0.328 e. The summed E-state index contributed by atoms with van der Waals surface area (Å²) in [5.41, 5.74) is 4.84. The molecule has 2 aromatic heterocycles. The van der Waals surface area contributed by atoms with E-state index < -0.39 is 16.1 Å². The Kier molecular flexibility index (Phi) is 7.26. The minimum absolute atomic E-state index is 0.199. The van der Waals surface area contributed by atoms with Crippen LogP contribution in [-0.2, 0) is 22.9 Å². The number of sulfonamides is 1. The topological polar surface area (TPSA) is 106 Å². The lowest BCUT2D eigenvalue weighted by Gasteiger charge is -2.10. The second kappa shape index (κ2) is 10.5. The van der Waals surface area contributed by atoms with E-state index in [9.17, 15) is 13.2 Å². The maximum absolute atomic E-state index is 12.3. The van der Waals surface area contributed by atoms with Crippen LogP contribution in [0.1, 0.15) is 23.9 Å². The van der Waals surface area contributed by atoms with Crippen molar-refractivity contribution in [2.45, 2.75) is 31.7 Å². The van der Waals surface area contributed by atoms with Crippen molar-refractivity contribution in [3.63, 3.8) is 0 Å². The highest BCUT2D eigenvalue weighted by atomic mass is 32.2. The van der Waals surface area contributed by atoms with Crippen LogP contribution in [0.25, 0.3) is 16.9 Å². The average molecular weight is 490 g/mol. The summed E-state index contributed by atoms with van der Waals surface area (Å²) in [6.07, 6.45) is 4.83. The number of urea groups is 1. The lowest BCUT2D eigenvalue weighted by Crippen LogP contribution is -2.40. The zero-order valence-electron chi connectivity index (χ0n) is 19.6. The van der Waals surface area contributed by atoms with E-state index in [0.29, 0.717) is 6.42 Å². The van der Waals surface area contributed by atoms with Gasteiger partial charge >= 0.3 is 6.03 Å². The van der Waals surface area contributed by atoms with E-state index in [2.05, 4.69) is 21.8 Å². The van der Waals surface area contributed by atoms with Gasteiger partial charge in [-0.2, -0.15) is 8.42 Å². The summed E-state index contributed by atoms with van der Waals surface area (Å²) in [5, 5.41) is 2.38. The molecule has 0 aliphatic heterocycles. The van der Waals surface area contributed by atoms with Gasteiger partial charge in [-0.25, -0.2) is 19.5 Å². The third kappa shape index (κ3) is 5.93. The summed E-state index contributed by atoms with van der Waals surface area (Å²) in [4.78, 5) is 20.7. The number of hydrogen-bond acceptors (Lipinski definition) is 5. The Hall–Kier alpha value is -3.98. The summed E-state index contributed by atoms with van der Waals surface area (Å²) < 4.78 is 28.6. The van der Waals surface area contributed by atoms with Crippen molar-refractivity contribution in [2.75, 3.05) is 6.54 Å². The van der Waals surface area contributed by atoms with Gasteiger partial charge in [-0.15, -0.1) is 0 Å². The minimum atomic E-state index is -4.01. The molecular formula is C26H27N5O3S. The zero-order valence-corrected chi connectivity index (χ0v) is 20.4. The average Bonchev–Trinajstić information content (AvgIpc) is 3.30. The molecule has 9 heteroatoms. The lowest BCUT2D eigenvalue weighted by molar-refractivity contribution is 0.246. The highest BCUT2D eigenvalue weighted by Gasteiger charge is 2.18. The Balaban J connectivity index is 1.35. The van der Waals surface area contributed by atoms with E-state index in [0.717, 1.165) is 40.3 Å². The summed E-state index contributed by atoms with van der Waals surface area (Å²) in [6, 6.07) is 20.3. The highest BCUT2D eigenvalue weighted by molar-refractivity contribution is 7.90. The van der Waals surface area contributed by atoms with E-state index in [1.54, 1.807) is 13.0 Å². The van der Waals surface area contributed by atoms with Crippen LogP contribution in [0.15, 0.2) is 84.1 Å². The molecule has 8 nitrogen and oxygen atoms in total. The van der Waals surface area contributed by atoms with Gasteiger partial charge in [0.1, 0.15) is 5.82 Å². The number of aryl methyl sites for hydroxylation is 2. The first-order valence-corrected chi connectivity index (χ1v) is 12.8. The summed E-state index contributed by atoms with van der Waals surface area (Å²) >= 11 is 0. The highest BCUT2D eigenvalue weighted by Crippen LogP contribution is 2.22. The molecule has 4 aromatic rings. The number of aromatic nitrogens is 3. The fourth-order valence-electron chi connectivity index (χ4n) is 3.61. The third-order valence-electron chi connectivity index (χ3n) is 5.47. The van der Waals surface area contributed by atoms with Crippen LogP contribution in [0.2, 0.25) is 0 Å². The standard InChI is InChI=1S/C26H27N5O3S/c1-3-24-29-23(21-7-5-4-6-8-21)18-31(24)22-12-10-20(11-13-22)15-16-27-26(32)30-35(33,34)25-14-9-19(2)17-28-25/h4-14,17-18H,3,15-16H2,1-2H3,(H2,27,30,32). The van der Waals surface area contributed by atoms with Gasteiger partial charge < -0.3 is 9.88 Å². The molecule has 2 amide bonds. The van der Waals surface area contributed by atoms with Crippen molar-refractivity contribution in [2.24, 2.45) is 0 Å². The van der Waals surface area contributed by atoms with E-state index in [1.165, 1.54) is 12.3 Å². The lowest BCUT2D eigenvalue weighted by atomic mass is 10.1. The number of benzene rings is 2. The van der Waals surface area contributed by atoms with Crippen LogP contribution in [0.5, 0.6) is 0 Å². The smallest absolute Gasteiger partial charge is 0.328 e. The molecule has 0 saturated carbocycles. The third-order valence-corrected chi connectivity index (χ3v) is 6.71. The first-order valence-electron chi connectivity index (χ1n) is 11.3. The van der Waals surface area contributed by atoms with Gasteiger partial charge in [0, 0.05) is 36.6 Å². The molecule has 35 heavy (non-hydrogen) atoms. The monoisotopic (exact) mass is 489 g/mol. The predicted molar refractivity (Wildman–Crippen MR) is 135 cm³/mol. The largest absolute Gasteiger partial charge is 0.337 e. The number of pyridine rings is 1. The van der Waals surface area contributed by atoms with E-state index in [1.807, 2.05) is 65.5 Å². The van der Waals surface area contributed by atoms with Crippen molar-refractivity contribution in [3.05, 3.63) is 96.1 Å². The maximum atomic E-state index is 12.3. The molecule has 2 heterocycles. The van der Waals surface area contributed by atoms with Crippen LogP contribution < -0.4 is 10.0 Å². The van der Waals surface area contributed by atoms with Gasteiger partial charge in [0.15, 0.2) is 5.03 Å². The molecule has 0 saturated heterocycles. The predicted octanol–water partition coefficient (Wildman–Crippen LogP) is 4.04. The SMILES string of the molecule is CCc1nc(-c2ccccc2)cn1-c1ccc(CCNC(=O)NS(=O)(=O)c2ccc(C)cn2)cc1. The number of carbonyl (C=O) groups excluding carboxylic acids is 1. The molecule has 0 fully saturated rings. The Morgan fingerprint density at radius 3 is 2.40 bits per heavy atom. The fourth-order valence-corrected chi connectivity index (χ4v) is 4.47. The second-order valence-corrected chi connectivity index (χ2v) is 9.71. The molecule has 0 atom stereocenters. The van der Waals surface area contributed by atoms with Crippen LogP contribution in [0.4, 0.5) is 4.79 Å². The van der Waals surface area contributed by atoms with Crippen LogP contribution in [-0.4, -0.2) is 35.5 Å². The quantitative estimate of drug-likeness (QED) is 0.389.